The van der Waals surface area contributed by atoms with E-state index in [1.807, 2.05) is 67.8 Å². The van der Waals surface area contributed by atoms with Crippen molar-refractivity contribution in [1.29, 1.82) is 0 Å². The van der Waals surface area contributed by atoms with Crippen molar-refractivity contribution in [3.8, 4) is 28.4 Å². The molecule has 0 atom stereocenters. The molecule has 34 heavy (non-hydrogen) atoms. The van der Waals surface area contributed by atoms with Crippen LogP contribution in [0.25, 0.3) is 22.6 Å². The predicted molar refractivity (Wildman–Crippen MR) is 134 cm³/mol. The fraction of sp³-hybridized carbons (Fsp3) is 0.269. The topological polar surface area (TPSA) is 94.8 Å². The largest absolute Gasteiger partial charge is 0.493 e. The van der Waals surface area contributed by atoms with Crippen molar-refractivity contribution in [3.63, 3.8) is 0 Å². The van der Waals surface area contributed by atoms with Crippen LogP contribution in [0.2, 0.25) is 0 Å². The minimum Gasteiger partial charge on any atom is -0.493 e. The monoisotopic (exact) mass is 458 g/mol. The van der Waals surface area contributed by atoms with Gasteiger partial charge in [0.05, 0.1) is 12.2 Å². The van der Waals surface area contributed by atoms with Gasteiger partial charge in [-0.05, 0) is 55.7 Å². The van der Waals surface area contributed by atoms with Crippen LogP contribution < -0.4 is 10.1 Å². The van der Waals surface area contributed by atoms with Crippen LogP contribution in [0.4, 0.5) is 5.82 Å². The van der Waals surface area contributed by atoms with E-state index in [2.05, 4.69) is 25.5 Å². The van der Waals surface area contributed by atoms with Gasteiger partial charge in [0.2, 0.25) is 0 Å². The van der Waals surface area contributed by atoms with Crippen molar-refractivity contribution < 1.29 is 11.0 Å². The van der Waals surface area contributed by atoms with Gasteiger partial charge in [0, 0.05) is 25.4 Å². The number of anilines is 1. The maximum Gasteiger partial charge on any atom is 0.260 e. The highest BCUT2D eigenvalue weighted by molar-refractivity contribution is 6.06. The number of hydrogen-bond acceptors (Lipinski definition) is 6. The number of nitrogens with zero attached hydrogens (tertiary/aromatic N) is 5. The van der Waals surface area contributed by atoms with E-state index in [4.69, 9.17) is 4.74 Å². The molecule has 1 amide bonds. The Morgan fingerprint density at radius 1 is 1.06 bits per heavy atom. The zero-order chi connectivity index (χ0) is 23.9. The first-order valence-electron chi connectivity index (χ1n) is 11.5. The number of aromatic nitrogens is 5. The summed E-state index contributed by atoms with van der Waals surface area (Å²) in [7, 11) is 0. The number of benzene rings is 1. The molecule has 2 bridgehead atoms. The zero-order valence-corrected chi connectivity index (χ0v) is 19.7. The van der Waals surface area contributed by atoms with Crippen molar-refractivity contribution in [2.45, 2.75) is 40.2 Å². The van der Waals surface area contributed by atoms with Crippen molar-refractivity contribution in [2.75, 3.05) is 11.9 Å². The Morgan fingerprint density at radius 3 is 2.74 bits per heavy atom. The molecular formula is C26H30N6O2. The molecule has 0 saturated heterocycles. The molecule has 0 radical (unpaired) electrons. The molecule has 1 aromatic carbocycles. The second-order valence-electron chi connectivity index (χ2n) is 7.66. The summed E-state index contributed by atoms with van der Waals surface area (Å²) < 4.78 is 7.97. The van der Waals surface area contributed by atoms with Crippen molar-refractivity contribution in [1.82, 2.24) is 24.7 Å². The van der Waals surface area contributed by atoms with E-state index in [1.54, 1.807) is 18.6 Å². The molecule has 4 heterocycles. The summed E-state index contributed by atoms with van der Waals surface area (Å²) in [5.74, 6) is 1.37. The molecule has 1 aliphatic heterocycles. The molecule has 8 heteroatoms. The van der Waals surface area contributed by atoms with E-state index in [9.17, 15) is 4.79 Å². The first-order valence-corrected chi connectivity index (χ1v) is 11.5. The molecule has 0 aliphatic carbocycles. The third-order valence-electron chi connectivity index (χ3n) is 5.36. The highest BCUT2D eigenvalue weighted by atomic mass is 16.5. The van der Waals surface area contributed by atoms with Crippen LogP contribution in [0.15, 0.2) is 61.1 Å². The smallest absolute Gasteiger partial charge is 0.260 e. The molecule has 0 fully saturated rings. The van der Waals surface area contributed by atoms with Gasteiger partial charge in [-0.1, -0.05) is 32.0 Å². The van der Waals surface area contributed by atoms with Gasteiger partial charge in [0.1, 0.15) is 23.6 Å². The SMILES string of the molecule is CC.Cc1ccc(-c2ccc3c(c2)C(=O)Nc2cccc(n2)-c2nncn2CCCCO3)cn1.[HH]. The first kappa shape index (κ1) is 23.1. The number of hydrogen-bond donors (Lipinski definition) is 1. The van der Waals surface area contributed by atoms with Crippen LogP contribution in [0.1, 0.15) is 44.2 Å². The normalized spacial score (nSPS) is 13.2. The Labute approximate surface area is 200 Å². The number of rotatable bonds is 1. The lowest BCUT2D eigenvalue weighted by Crippen LogP contribution is -2.16. The van der Waals surface area contributed by atoms with Gasteiger partial charge in [0.15, 0.2) is 5.82 Å². The van der Waals surface area contributed by atoms with Gasteiger partial charge in [-0.25, -0.2) is 4.98 Å². The van der Waals surface area contributed by atoms with Crippen molar-refractivity contribution in [3.05, 3.63) is 72.3 Å². The summed E-state index contributed by atoms with van der Waals surface area (Å²) in [6.45, 7) is 7.21. The van der Waals surface area contributed by atoms with Gasteiger partial charge in [-0.15, -0.1) is 10.2 Å². The summed E-state index contributed by atoms with van der Waals surface area (Å²) in [5.41, 5.74) is 3.88. The van der Waals surface area contributed by atoms with E-state index in [-0.39, 0.29) is 7.33 Å². The Kier molecular flexibility index (Phi) is 7.27. The molecule has 1 N–H and O–H groups in total. The van der Waals surface area contributed by atoms with Crippen LogP contribution in [-0.4, -0.2) is 37.2 Å². The average molecular weight is 459 g/mol. The molecule has 4 aromatic rings. The summed E-state index contributed by atoms with van der Waals surface area (Å²) in [5, 5.41) is 11.1. The maximum absolute atomic E-state index is 13.2. The molecule has 5 rings (SSSR count). The second-order valence-corrected chi connectivity index (χ2v) is 7.66. The number of pyridine rings is 2. The van der Waals surface area contributed by atoms with Gasteiger partial charge >= 0.3 is 0 Å². The Morgan fingerprint density at radius 2 is 1.91 bits per heavy atom. The van der Waals surface area contributed by atoms with Crippen molar-refractivity contribution in [2.24, 2.45) is 0 Å². The van der Waals surface area contributed by atoms with Crippen LogP contribution in [0.3, 0.4) is 0 Å². The third kappa shape index (κ3) is 5.11. The average Bonchev–Trinajstić information content (AvgIpc) is 3.34. The lowest BCUT2D eigenvalue weighted by molar-refractivity contribution is 0.102. The first-order chi connectivity index (χ1) is 16.7. The number of aryl methyl sites for hydroxylation is 2. The zero-order valence-electron chi connectivity index (χ0n) is 19.7. The molecule has 8 nitrogen and oxygen atoms in total. The van der Waals surface area contributed by atoms with Crippen molar-refractivity contribution >= 4 is 11.7 Å². The van der Waals surface area contributed by atoms with Gasteiger partial charge < -0.3 is 14.6 Å². The Bertz CT molecular complexity index is 1270. The fourth-order valence-electron chi connectivity index (χ4n) is 3.65. The molecular weight excluding hydrogens is 428 g/mol. The van der Waals surface area contributed by atoms with E-state index in [0.29, 0.717) is 35.3 Å². The van der Waals surface area contributed by atoms with Crippen LogP contribution in [0, 0.1) is 6.92 Å². The number of carbonyl (C=O) groups is 1. The number of amides is 1. The number of carbonyl (C=O) groups excluding carboxylic acids is 1. The number of nitrogens with one attached hydrogen (secondary N) is 1. The molecule has 3 aromatic heterocycles. The maximum atomic E-state index is 13.2. The van der Waals surface area contributed by atoms with Gasteiger partial charge in [-0.2, -0.15) is 0 Å². The summed E-state index contributed by atoms with van der Waals surface area (Å²) >= 11 is 0. The minimum atomic E-state index is -0.287. The molecule has 176 valence electrons. The Balaban J connectivity index is 0.00000111. The number of ether oxygens (including phenoxy) is 1. The van der Waals surface area contributed by atoms with E-state index in [0.717, 1.165) is 36.2 Å². The summed E-state index contributed by atoms with van der Waals surface area (Å²) in [6, 6.07) is 15.0. The minimum absolute atomic E-state index is 0. The lowest BCUT2D eigenvalue weighted by atomic mass is 10.0. The third-order valence-corrected chi connectivity index (χ3v) is 5.36. The highest BCUT2D eigenvalue weighted by Crippen LogP contribution is 2.28. The summed E-state index contributed by atoms with van der Waals surface area (Å²) in [6.07, 6.45) is 5.22. The van der Waals surface area contributed by atoms with E-state index >= 15 is 0 Å². The highest BCUT2D eigenvalue weighted by Gasteiger charge is 2.17. The fourth-order valence-corrected chi connectivity index (χ4v) is 3.65. The molecule has 1 aliphatic rings. The predicted octanol–water partition coefficient (Wildman–Crippen LogP) is 5.41. The van der Waals surface area contributed by atoms with Gasteiger partial charge in [0.25, 0.3) is 5.91 Å². The molecule has 0 unspecified atom stereocenters. The standard InChI is InChI=1S/C24H22N6O2.C2H6.H2/c1-16-7-8-18(14-25-16)17-9-10-21-19(13-17)24(31)28-22-6-4-5-20(27-22)23-29-26-15-30(23)11-2-3-12-32-21;1-2;/h4-10,13-15H,2-3,11-12H2,1H3,(H,27,28,31);1-2H3;1H. The summed E-state index contributed by atoms with van der Waals surface area (Å²) in [4.78, 5) is 22.2. The molecule has 0 spiro atoms. The van der Waals surface area contributed by atoms with Crippen LogP contribution >= 0.6 is 0 Å². The quantitative estimate of drug-likeness (QED) is 0.410. The number of fused-ring (bicyclic) bond motifs is 5. The second kappa shape index (κ2) is 10.7. The Hall–Kier alpha value is -4.07. The van der Waals surface area contributed by atoms with E-state index < -0.39 is 0 Å². The molecule has 0 saturated carbocycles. The van der Waals surface area contributed by atoms with E-state index in [1.165, 1.54) is 0 Å². The lowest BCUT2D eigenvalue weighted by Gasteiger charge is -2.15. The van der Waals surface area contributed by atoms with Crippen LogP contribution in [0.5, 0.6) is 5.75 Å². The van der Waals surface area contributed by atoms with Crippen LogP contribution in [-0.2, 0) is 6.54 Å². The van der Waals surface area contributed by atoms with Gasteiger partial charge in [-0.3, -0.25) is 9.78 Å².